The van der Waals surface area contributed by atoms with E-state index in [0.29, 0.717) is 0 Å². The molecule has 1 N–H and O–H groups in total. The number of allylic oxidation sites excluding steroid dienone is 1. The fourth-order valence-electron chi connectivity index (χ4n) is 1.08. The Kier molecular flexibility index (Phi) is 3.40. The number of rotatable bonds is 3. The second-order valence-corrected chi connectivity index (χ2v) is 3.24. The van der Waals surface area contributed by atoms with E-state index in [1.165, 1.54) is 5.57 Å². The van der Waals surface area contributed by atoms with Crippen molar-refractivity contribution in [2.75, 3.05) is 7.05 Å². The topological polar surface area (TPSA) is 37.8 Å². The first-order valence-corrected chi connectivity index (χ1v) is 4.48. The molecule has 0 saturated carbocycles. The monoisotopic (exact) mass is 189 g/mol. The first-order chi connectivity index (χ1) is 6.65. The van der Waals surface area contributed by atoms with Crippen molar-refractivity contribution >= 4 is 11.8 Å². The molecular formula is C11H15N3. The van der Waals surface area contributed by atoms with E-state index in [4.69, 9.17) is 0 Å². The maximum atomic E-state index is 4.25. The largest absolute Gasteiger partial charge is 0.387 e. The lowest BCUT2D eigenvalue weighted by atomic mass is 10.2. The van der Waals surface area contributed by atoms with Crippen molar-refractivity contribution in [1.82, 2.24) is 15.3 Å². The molecule has 1 aromatic rings. The molecule has 0 atom stereocenters. The standard InChI is InChI=1S/C11H15N3/c1-8(2)7-10-11(9(3)12-4)14-6-5-13-10/h5-7,12H,3H2,1-2,4H3. The van der Waals surface area contributed by atoms with Crippen molar-refractivity contribution in [3.05, 3.63) is 35.9 Å². The third-order valence-electron chi connectivity index (χ3n) is 1.74. The molecule has 0 radical (unpaired) electrons. The van der Waals surface area contributed by atoms with Crippen LogP contribution >= 0.6 is 0 Å². The maximum Gasteiger partial charge on any atom is 0.111 e. The molecule has 14 heavy (non-hydrogen) atoms. The van der Waals surface area contributed by atoms with E-state index in [1.54, 1.807) is 12.4 Å². The van der Waals surface area contributed by atoms with Crippen LogP contribution in [-0.4, -0.2) is 17.0 Å². The molecule has 0 aliphatic rings. The molecule has 1 aromatic heterocycles. The molecule has 0 unspecified atom stereocenters. The smallest absolute Gasteiger partial charge is 0.111 e. The minimum absolute atomic E-state index is 0.783. The van der Waals surface area contributed by atoms with E-state index >= 15 is 0 Å². The van der Waals surface area contributed by atoms with Crippen molar-refractivity contribution in [3.63, 3.8) is 0 Å². The minimum atomic E-state index is 0.783. The van der Waals surface area contributed by atoms with Crippen LogP contribution in [0, 0.1) is 0 Å². The van der Waals surface area contributed by atoms with Gasteiger partial charge in [-0.25, -0.2) is 0 Å². The summed E-state index contributed by atoms with van der Waals surface area (Å²) in [4.78, 5) is 8.48. The van der Waals surface area contributed by atoms with Gasteiger partial charge in [0.2, 0.25) is 0 Å². The summed E-state index contributed by atoms with van der Waals surface area (Å²) in [6.07, 6.45) is 5.34. The van der Waals surface area contributed by atoms with Crippen LogP contribution in [0.1, 0.15) is 25.2 Å². The van der Waals surface area contributed by atoms with Crippen LogP contribution in [0.15, 0.2) is 24.5 Å². The molecule has 3 heteroatoms. The van der Waals surface area contributed by atoms with Gasteiger partial charge in [-0.3, -0.25) is 9.97 Å². The van der Waals surface area contributed by atoms with E-state index in [-0.39, 0.29) is 0 Å². The molecular weight excluding hydrogens is 174 g/mol. The van der Waals surface area contributed by atoms with Crippen LogP contribution in [-0.2, 0) is 0 Å². The Balaban J connectivity index is 3.16. The van der Waals surface area contributed by atoms with Crippen molar-refractivity contribution in [2.45, 2.75) is 13.8 Å². The van der Waals surface area contributed by atoms with Gasteiger partial charge in [0.25, 0.3) is 0 Å². The molecule has 0 saturated heterocycles. The molecule has 0 spiro atoms. The summed E-state index contributed by atoms with van der Waals surface area (Å²) < 4.78 is 0. The van der Waals surface area contributed by atoms with Gasteiger partial charge < -0.3 is 5.32 Å². The summed E-state index contributed by atoms with van der Waals surface area (Å²) >= 11 is 0. The van der Waals surface area contributed by atoms with E-state index in [0.717, 1.165) is 17.1 Å². The Labute approximate surface area is 84.6 Å². The number of hydrogen-bond donors (Lipinski definition) is 1. The highest BCUT2D eigenvalue weighted by Crippen LogP contribution is 2.12. The Hall–Kier alpha value is -1.64. The molecule has 0 aliphatic heterocycles. The fourth-order valence-corrected chi connectivity index (χ4v) is 1.08. The van der Waals surface area contributed by atoms with Crippen molar-refractivity contribution in [2.24, 2.45) is 0 Å². The maximum absolute atomic E-state index is 4.25. The second-order valence-electron chi connectivity index (χ2n) is 3.24. The normalized spacial score (nSPS) is 9.36. The van der Waals surface area contributed by atoms with Crippen LogP contribution in [0.25, 0.3) is 11.8 Å². The summed E-state index contributed by atoms with van der Waals surface area (Å²) in [6, 6.07) is 0. The van der Waals surface area contributed by atoms with E-state index < -0.39 is 0 Å². The first kappa shape index (κ1) is 10.4. The average molecular weight is 189 g/mol. The SMILES string of the molecule is C=C(NC)c1nccnc1C=C(C)C. The van der Waals surface area contributed by atoms with Gasteiger partial charge in [0.1, 0.15) is 5.69 Å². The van der Waals surface area contributed by atoms with E-state index in [2.05, 4.69) is 21.9 Å². The lowest BCUT2D eigenvalue weighted by Gasteiger charge is -2.06. The number of aromatic nitrogens is 2. The molecule has 74 valence electrons. The molecule has 0 aromatic carbocycles. The van der Waals surface area contributed by atoms with Gasteiger partial charge >= 0.3 is 0 Å². The molecule has 1 rings (SSSR count). The number of hydrogen-bond acceptors (Lipinski definition) is 3. The zero-order valence-corrected chi connectivity index (χ0v) is 8.83. The Morgan fingerprint density at radius 2 is 2.00 bits per heavy atom. The third kappa shape index (κ3) is 2.42. The van der Waals surface area contributed by atoms with Gasteiger partial charge in [-0.1, -0.05) is 12.2 Å². The Morgan fingerprint density at radius 3 is 2.57 bits per heavy atom. The summed E-state index contributed by atoms with van der Waals surface area (Å²) in [7, 11) is 1.82. The highest BCUT2D eigenvalue weighted by Gasteiger charge is 2.04. The Bertz CT molecular complexity index is 363. The van der Waals surface area contributed by atoms with Gasteiger partial charge in [-0.15, -0.1) is 0 Å². The van der Waals surface area contributed by atoms with Crippen LogP contribution in [0.3, 0.4) is 0 Å². The zero-order chi connectivity index (χ0) is 10.6. The zero-order valence-electron chi connectivity index (χ0n) is 8.83. The van der Waals surface area contributed by atoms with Gasteiger partial charge in [-0.05, 0) is 19.9 Å². The van der Waals surface area contributed by atoms with E-state index in [1.807, 2.05) is 27.0 Å². The van der Waals surface area contributed by atoms with Gasteiger partial charge in [0.15, 0.2) is 0 Å². The lowest BCUT2D eigenvalue weighted by molar-refractivity contribution is 1.06. The highest BCUT2D eigenvalue weighted by molar-refractivity contribution is 5.67. The summed E-state index contributed by atoms with van der Waals surface area (Å²) in [5.74, 6) is 0. The van der Waals surface area contributed by atoms with Gasteiger partial charge in [0.05, 0.1) is 11.4 Å². The summed E-state index contributed by atoms with van der Waals surface area (Å²) in [5, 5.41) is 2.97. The molecule has 0 amide bonds. The molecule has 0 aliphatic carbocycles. The van der Waals surface area contributed by atoms with Crippen molar-refractivity contribution in [1.29, 1.82) is 0 Å². The van der Waals surface area contributed by atoms with Crippen LogP contribution in [0.5, 0.6) is 0 Å². The van der Waals surface area contributed by atoms with E-state index in [9.17, 15) is 0 Å². The lowest BCUT2D eigenvalue weighted by Crippen LogP contribution is -2.07. The van der Waals surface area contributed by atoms with Crippen molar-refractivity contribution < 1.29 is 0 Å². The Morgan fingerprint density at radius 1 is 1.36 bits per heavy atom. The van der Waals surface area contributed by atoms with Crippen molar-refractivity contribution in [3.8, 4) is 0 Å². The van der Waals surface area contributed by atoms with Crippen LogP contribution < -0.4 is 5.32 Å². The molecule has 1 heterocycles. The minimum Gasteiger partial charge on any atom is -0.387 e. The quantitative estimate of drug-likeness (QED) is 0.791. The number of nitrogens with zero attached hydrogens (tertiary/aromatic N) is 2. The van der Waals surface area contributed by atoms with Gasteiger partial charge in [-0.2, -0.15) is 0 Å². The van der Waals surface area contributed by atoms with Crippen LogP contribution in [0.2, 0.25) is 0 Å². The molecule has 3 nitrogen and oxygen atoms in total. The predicted octanol–water partition coefficient (Wildman–Crippen LogP) is 2.09. The predicted molar refractivity (Wildman–Crippen MR) is 59.5 cm³/mol. The first-order valence-electron chi connectivity index (χ1n) is 4.48. The molecule has 0 bridgehead atoms. The van der Waals surface area contributed by atoms with Gasteiger partial charge in [0, 0.05) is 19.4 Å². The second kappa shape index (κ2) is 4.56. The highest BCUT2D eigenvalue weighted by atomic mass is 14.9. The fraction of sp³-hybridized carbons (Fsp3) is 0.273. The summed E-state index contributed by atoms with van der Waals surface area (Å²) in [5.41, 5.74) is 3.63. The number of nitrogens with one attached hydrogen (secondary N) is 1. The van der Waals surface area contributed by atoms with Crippen LogP contribution in [0.4, 0.5) is 0 Å². The summed E-state index contributed by atoms with van der Waals surface area (Å²) in [6.45, 7) is 7.93. The average Bonchev–Trinajstić information content (AvgIpc) is 2.16. The molecule has 0 fully saturated rings. The third-order valence-corrected chi connectivity index (χ3v) is 1.74.